The van der Waals surface area contributed by atoms with Crippen LogP contribution in [0.3, 0.4) is 0 Å². The van der Waals surface area contributed by atoms with Gasteiger partial charge in [-0.15, -0.1) is 0 Å². The first-order chi connectivity index (χ1) is 12.3. The molecule has 1 heterocycles. The van der Waals surface area contributed by atoms with Gasteiger partial charge in [0.25, 0.3) is 0 Å². The number of carbonyl (C=O) groups excluding carboxylic acids is 1. The molecule has 26 heavy (non-hydrogen) atoms. The monoisotopic (exact) mass is 387 g/mol. The topological polar surface area (TPSA) is 54.9 Å². The van der Waals surface area contributed by atoms with Crippen LogP contribution in [0.1, 0.15) is 54.9 Å². The number of fused-ring (bicyclic) bond motifs is 1. The zero-order valence-corrected chi connectivity index (χ0v) is 15.8. The number of alkyl halides is 3. The van der Waals surface area contributed by atoms with Gasteiger partial charge in [-0.25, -0.2) is 9.97 Å². The van der Waals surface area contributed by atoms with Gasteiger partial charge in [0, 0.05) is 28.5 Å². The van der Waals surface area contributed by atoms with Crippen LogP contribution in [0.15, 0.2) is 0 Å². The Kier molecular flexibility index (Phi) is 5.79. The number of hydrogen-bond donors (Lipinski definition) is 1. The second-order valence-electron chi connectivity index (χ2n) is 7.21. The molecule has 1 fully saturated rings. The van der Waals surface area contributed by atoms with Gasteiger partial charge in [0.1, 0.15) is 5.82 Å². The Morgan fingerprint density at radius 2 is 2.00 bits per heavy atom. The Hall–Kier alpha value is -1.31. The van der Waals surface area contributed by atoms with E-state index in [0.717, 1.165) is 25.7 Å². The lowest BCUT2D eigenvalue weighted by Gasteiger charge is -2.31. The lowest BCUT2D eigenvalue weighted by molar-refractivity contribution is -0.142. The summed E-state index contributed by atoms with van der Waals surface area (Å²) in [6.45, 7) is 1.47. The van der Waals surface area contributed by atoms with E-state index in [0.29, 0.717) is 23.8 Å². The number of carbonyl (C=O) groups is 1. The molecule has 1 aromatic heterocycles. The highest BCUT2D eigenvalue weighted by atomic mass is 32.2. The molecular weight excluding hydrogens is 363 g/mol. The zero-order chi connectivity index (χ0) is 18.9. The molecule has 3 atom stereocenters. The summed E-state index contributed by atoms with van der Waals surface area (Å²) in [6, 6.07) is 0.131. The second kappa shape index (κ2) is 7.74. The summed E-state index contributed by atoms with van der Waals surface area (Å²) in [7, 11) is 0. The first-order valence-corrected chi connectivity index (χ1v) is 10.3. The van der Waals surface area contributed by atoms with Gasteiger partial charge in [-0.1, -0.05) is 6.42 Å². The molecule has 0 aliphatic heterocycles. The predicted molar refractivity (Wildman–Crippen MR) is 95.0 cm³/mol. The number of amides is 1. The maximum absolute atomic E-state index is 13.3. The van der Waals surface area contributed by atoms with Gasteiger partial charge in [-0.3, -0.25) is 4.79 Å². The summed E-state index contributed by atoms with van der Waals surface area (Å²) >= 11 is 1.82. The molecule has 0 radical (unpaired) electrons. The van der Waals surface area contributed by atoms with Crippen molar-refractivity contribution in [1.82, 2.24) is 15.3 Å². The Balaban J connectivity index is 1.72. The highest BCUT2D eigenvalue weighted by Crippen LogP contribution is 2.36. The highest BCUT2D eigenvalue weighted by Gasteiger charge is 2.40. The largest absolute Gasteiger partial charge is 0.433 e. The number of rotatable bonds is 3. The number of thioether (sulfide) groups is 1. The Labute approximate surface area is 155 Å². The molecule has 0 spiro atoms. The van der Waals surface area contributed by atoms with Crippen LogP contribution in [0.4, 0.5) is 13.2 Å². The van der Waals surface area contributed by atoms with Crippen molar-refractivity contribution in [3.05, 3.63) is 22.8 Å². The molecule has 0 aromatic carbocycles. The number of nitrogens with one attached hydrogen (secondary N) is 1. The molecule has 1 N–H and O–H groups in total. The molecule has 1 saturated carbocycles. The number of halogens is 3. The van der Waals surface area contributed by atoms with E-state index in [1.165, 1.54) is 6.92 Å². The SMILES string of the molecule is CS[C@@H]1CCC[C@@H](NC(=O)[C@H]2CCc3nc(C)nc(C(F)(F)F)c3C2)C1. The molecule has 0 saturated heterocycles. The van der Waals surface area contributed by atoms with Gasteiger partial charge in [-0.05, 0) is 51.7 Å². The average molecular weight is 387 g/mol. The minimum absolute atomic E-state index is 0.0645. The normalized spacial score (nSPS) is 26.3. The van der Waals surface area contributed by atoms with Crippen molar-refractivity contribution in [1.29, 1.82) is 0 Å². The van der Waals surface area contributed by atoms with Crippen molar-refractivity contribution in [2.45, 2.75) is 69.3 Å². The van der Waals surface area contributed by atoms with Crippen molar-refractivity contribution in [3.63, 3.8) is 0 Å². The third-order valence-corrected chi connectivity index (χ3v) is 6.42. The van der Waals surface area contributed by atoms with E-state index in [9.17, 15) is 18.0 Å². The van der Waals surface area contributed by atoms with Crippen molar-refractivity contribution in [2.24, 2.45) is 5.92 Å². The number of aryl methyl sites for hydroxylation is 2. The van der Waals surface area contributed by atoms with Gasteiger partial charge >= 0.3 is 6.18 Å². The Bertz CT molecular complexity index is 680. The van der Waals surface area contributed by atoms with Gasteiger partial charge in [0.2, 0.25) is 5.91 Å². The smallest absolute Gasteiger partial charge is 0.353 e. The molecule has 4 nitrogen and oxygen atoms in total. The number of hydrogen-bond acceptors (Lipinski definition) is 4. The van der Waals surface area contributed by atoms with Gasteiger partial charge in [0.15, 0.2) is 5.69 Å². The van der Waals surface area contributed by atoms with E-state index < -0.39 is 17.8 Å². The molecular formula is C18H24F3N3OS. The van der Waals surface area contributed by atoms with Crippen LogP contribution in [0, 0.1) is 12.8 Å². The second-order valence-corrected chi connectivity index (χ2v) is 8.35. The molecule has 2 aliphatic carbocycles. The zero-order valence-electron chi connectivity index (χ0n) is 15.0. The summed E-state index contributed by atoms with van der Waals surface area (Å²) in [6.07, 6.45) is 2.66. The molecule has 8 heteroatoms. The fourth-order valence-electron chi connectivity index (χ4n) is 4.00. The summed E-state index contributed by atoms with van der Waals surface area (Å²) < 4.78 is 40.0. The maximum Gasteiger partial charge on any atom is 0.433 e. The summed E-state index contributed by atoms with van der Waals surface area (Å²) in [5.41, 5.74) is -0.341. The van der Waals surface area contributed by atoms with Crippen LogP contribution in [-0.2, 0) is 23.8 Å². The molecule has 0 bridgehead atoms. The van der Waals surface area contributed by atoms with Gasteiger partial charge in [-0.2, -0.15) is 24.9 Å². The molecule has 1 amide bonds. The van der Waals surface area contributed by atoms with E-state index in [1.807, 2.05) is 11.8 Å². The number of aromatic nitrogens is 2. The minimum atomic E-state index is -4.52. The van der Waals surface area contributed by atoms with Crippen LogP contribution in [-0.4, -0.2) is 33.4 Å². The molecule has 3 rings (SSSR count). The average Bonchev–Trinajstić information content (AvgIpc) is 2.60. The Morgan fingerprint density at radius 3 is 2.69 bits per heavy atom. The first-order valence-electron chi connectivity index (χ1n) is 9.04. The van der Waals surface area contributed by atoms with E-state index in [1.54, 1.807) is 0 Å². The lowest BCUT2D eigenvalue weighted by atomic mass is 9.84. The molecule has 144 valence electrons. The highest BCUT2D eigenvalue weighted by molar-refractivity contribution is 7.99. The van der Waals surface area contributed by atoms with Crippen molar-refractivity contribution in [2.75, 3.05) is 6.26 Å². The fourth-order valence-corrected chi connectivity index (χ4v) is 4.83. The van der Waals surface area contributed by atoms with E-state index in [2.05, 4.69) is 21.5 Å². The van der Waals surface area contributed by atoms with E-state index >= 15 is 0 Å². The predicted octanol–water partition coefficient (Wildman–Crippen LogP) is 3.70. The summed E-state index contributed by atoms with van der Waals surface area (Å²) in [5, 5.41) is 3.63. The maximum atomic E-state index is 13.3. The third kappa shape index (κ3) is 4.32. The van der Waals surface area contributed by atoms with Gasteiger partial charge in [0.05, 0.1) is 0 Å². The first kappa shape index (κ1) is 19.5. The molecule has 1 aromatic rings. The fraction of sp³-hybridized carbons (Fsp3) is 0.722. The minimum Gasteiger partial charge on any atom is -0.353 e. The van der Waals surface area contributed by atoms with E-state index in [-0.39, 0.29) is 29.8 Å². The van der Waals surface area contributed by atoms with Crippen LogP contribution >= 0.6 is 11.8 Å². The standard InChI is InChI=1S/C18H24F3N3OS/c1-10-22-15-7-6-11(8-14(15)16(23-10)18(19,20)21)17(25)24-12-4-3-5-13(9-12)26-2/h11-13H,3-9H2,1-2H3,(H,24,25)/t11-,12+,13+/m0/s1. The van der Waals surface area contributed by atoms with Crippen LogP contribution < -0.4 is 5.32 Å². The van der Waals surface area contributed by atoms with Crippen LogP contribution in [0.25, 0.3) is 0 Å². The lowest BCUT2D eigenvalue weighted by Crippen LogP contribution is -2.43. The quantitative estimate of drug-likeness (QED) is 0.859. The van der Waals surface area contributed by atoms with Crippen molar-refractivity contribution < 1.29 is 18.0 Å². The summed E-state index contributed by atoms with van der Waals surface area (Å²) in [5.74, 6) is -0.440. The van der Waals surface area contributed by atoms with Gasteiger partial charge < -0.3 is 5.32 Å². The van der Waals surface area contributed by atoms with E-state index in [4.69, 9.17) is 0 Å². The van der Waals surface area contributed by atoms with Crippen molar-refractivity contribution >= 4 is 17.7 Å². The molecule has 0 unspecified atom stereocenters. The van der Waals surface area contributed by atoms with Crippen LogP contribution in [0.5, 0.6) is 0 Å². The third-order valence-electron chi connectivity index (χ3n) is 5.33. The number of nitrogens with zero attached hydrogens (tertiary/aromatic N) is 2. The molecule has 2 aliphatic rings. The summed E-state index contributed by atoms with van der Waals surface area (Å²) in [4.78, 5) is 20.4. The van der Waals surface area contributed by atoms with Crippen LogP contribution in [0.2, 0.25) is 0 Å². The van der Waals surface area contributed by atoms with Crippen molar-refractivity contribution in [3.8, 4) is 0 Å². The Morgan fingerprint density at radius 1 is 1.23 bits per heavy atom.